The van der Waals surface area contributed by atoms with Crippen LogP contribution < -0.4 is 0 Å². The molecule has 0 spiro atoms. The Kier molecular flexibility index (Phi) is 22.4. The Morgan fingerprint density at radius 1 is 0.644 bits per heavy atom. The van der Waals surface area contributed by atoms with Gasteiger partial charge in [0.05, 0.1) is 6.61 Å². The van der Waals surface area contributed by atoms with Gasteiger partial charge in [-0.15, -0.1) is 0 Å². The maximum Gasteiger partial charge on any atom is 0.472 e. The van der Waals surface area contributed by atoms with Gasteiger partial charge in [0.2, 0.25) is 0 Å². The van der Waals surface area contributed by atoms with Crippen LogP contribution in [0.15, 0.2) is 0 Å². The van der Waals surface area contributed by atoms with E-state index in [0.29, 0.717) is 6.42 Å². The van der Waals surface area contributed by atoms with E-state index >= 15 is 0 Å². The summed E-state index contributed by atoms with van der Waals surface area (Å²) >= 11 is 0. The zero-order chi connectivity index (χ0) is 33.7. The molecule has 6 N–H and O–H groups in total. The van der Waals surface area contributed by atoms with Gasteiger partial charge in [0.1, 0.15) is 43.2 Å². The Bertz CT molecular complexity index is 828. The van der Waals surface area contributed by atoms with Crippen molar-refractivity contribution in [2.45, 2.75) is 172 Å². The Morgan fingerprint density at radius 3 is 1.47 bits per heavy atom. The zero-order valence-corrected chi connectivity index (χ0v) is 28.1. The minimum absolute atomic E-state index is 0.0982. The van der Waals surface area contributed by atoms with Gasteiger partial charge in [-0.05, 0) is 6.42 Å². The fraction of sp³-hybridized carbons (Fsp3) is 0.935. The second-order valence-electron chi connectivity index (χ2n) is 12.1. The lowest BCUT2D eigenvalue weighted by Crippen LogP contribution is -2.64. The normalized spacial score (nSPS) is 25.4. The monoisotopic (exact) mass is 670 g/mol. The van der Waals surface area contributed by atoms with Crippen LogP contribution >= 0.6 is 7.82 Å². The van der Waals surface area contributed by atoms with Crippen molar-refractivity contribution in [1.29, 1.82) is 0 Å². The fourth-order valence-electron chi connectivity index (χ4n) is 5.25. The number of carbonyl (C=O) groups is 2. The van der Waals surface area contributed by atoms with Gasteiger partial charge in [0.15, 0.2) is 6.10 Å². The van der Waals surface area contributed by atoms with E-state index in [9.17, 15) is 44.6 Å². The molecule has 0 aromatic rings. The Morgan fingerprint density at radius 2 is 1.04 bits per heavy atom. The average Bonchev–Trinajstić information content (AvgIpc) is 3.00. The fourth-order valence-corrected chi connectivity index (χ4v) is 6.22. The van der Waals surface area contributed by atoms with Crippen LogP contribution in [0.2, 0.25) is 0 Å². The number of phosphoric ester groups is 1. The first-order valence-corrected chi connectivity index (χ1v) is 18.3. The van der Waals surface area contributed by atoms with E-state index < -0.39 is 75.7 Å². The van der Waals surface area contributed by atoms with Crippen molar-refractivity contribution >= 4 is 19.8 Å². The Balaban J connectivity index is 2.25. The highest BCUT2D eigenvalue weighted by atomic mass is 31.2. The topological polar surface area (TPSA) is 210 Å². The van der Waals surface area contributed by atoms with Crippen LogP contribution in [-0.4, -0.2) is 98.3 Å². The van der Waals surface area contributed by atoms with Crippen LogP contribution in [0.4, 0.5) is 0 Å². The van der Waals surface area contributed by atoms with E-state index in [-0.39, 0.29) is 6.42 Å². The standard InChI is InChI=1S/C31H59O13P/c1-3-4-5-6-7-8-9-10-11-12-13-14-15-16-17-18-19-20-25(33)43-24(21-41-23(2)32)22-42-45(39,40)44-31-29(37)27(35)26(34)28(36)30(31)38/h24,26-31,34-38H,3-22H2,1-2H3,(H,39,40). The highest BCUT2D eigenvalue weighted by molar-refractivity contribution is 7.47. The number of ether oxygens (including phenoxy) is 2. The molecule has 6 unspecified atom stereocenters. The molecular formula is C31H59O13P. The van der Waals surface area contributed by atoms with Gasteiger partial charge in [-0.2, -0.15) is 0 Å². The smallest absolute Gasteiger partial charge is 0.462 e. The van der Waals surface area contributed by atoms with Crippen molar-refractivity contribution in [1.82, 2.24) is 0 Å². The molecule has 0 saturated heterocycles. The van der Waals surface area contributed by atoms with E-state index in [1.165, 1.54) is 83.5 Å². The number of hydrogen-bond donors (Lipinski definition) is 6. The Hall–Kier alpha value is -1.15. The molecule has 1 aliphatic rings. The molecule has 45 heavy (non-hydrogen) atoms. The predicted octanol–water partition coefficient (Wildman–Crippen LogP) is 3.82. The van der Waals surface area contributed by atoms with Crippen molar-refractivity contribution in [2.75, 3.05) is 13.2 Å². The second kappa shape index (κ2) is 24.1. The highest BCUT2D eigenvalue weighted by Crippen LogP contribution is 2.47. The van der Waals surface area contributed by atoms with Gasteiger partial charge in [-0.1, -0.05) is 110 Å². The summed E-state index contributed by atoms with van der Waals surface area (Å²) in [5, 5.41) is 49.3. The van der Waals surface area contributed by atoms with Crippen LogP contribution in [0.25, 0.3) is 0 Å². The van der Waals surface area contributed by atoms with Crippen LogP contribution in [0, 0.1) is 0 Å². The summed E-state index contributed by atoms with van der Waals surface area (Å²) in [5.41, 5.74) is 0. The molecule has 1 aliphatic carbocycles. The van der Waals surface area contributed by atoms with Gasteiger partial charge in [0.25, 0.3) is 0 Å². The summed E-state index contributed by atoms with van der Waals surface area (Å²) in [4.78, 5) is 33.7. The van der Waals surface area contributed by atoms with Gasteiger partial charge in [-0.25, -0.2) is 4.57 Å². The summed E-state index contributed by atoms with van der Waals surface area (Å²) in [6, 6.07) is 0. The van der Waals surface area contributed by atoms with Gasteiger partial charge < -0.3 is 39.9 Å². The average molecular weight is 671 g/mol. The van der Waals surface area contributed by atoms with Crippen molar-refractivity contribution < 1.29 is 63.1 Å². The number of carbonyl (C=O) groups excluding carboxylic acids is 2. The van der Waals surface area contributed by atoms with Crippen molar-refractivity contribution in [3.8, 4) is 0 Å². The minimum Gasteiger partial charge on any atom is -0.462 e. The van der Waals surface area contributed by atoms with Crippen molar-refractivity contribution in [3.63, 3.8) is 0 Å². The number of phosphoric acid groups is 1. The first-order chi connectivity index (χ1) is 21.4. The Labute approximate surface area is 268 Å². The molecule has 0 heterocycles. The molecule has 1 rings (SSSR count). The largest absolute Gasteiger partial charge is 0.472 e. The summed E-state index contributed by atoms with van der Waals surface area (Å²) in [5.74, 6) is -1.29. The molecule has 1 saturated carbocycles. The third-order valence-corrected chi connectivity index (χ3v) is 8.99. The third kappa shape index (κ3) is 18.7. The summed E-state index contributed by atoms with van der Waals surface area (Å²) in [7, 11) is -5.06. The summed E-state index contributed by atoms with van der Waals surface area (Å²) < 4.78 is 32.2. The maximum atomic E-state index is 12.5. The molecule has 0 bridgehead atoms. The minimum atomic E-state index is -5.06. The molecule has 1 fully saturated rings. The lowest BCUT2D eigenvalue weighted by atomic mass is 9.85. The van der Waals surface area contributed by atoms with Crippen LogP contribution in [0.3, 0.4) is 0 Å². The predicted molar refractivity (Wildman–Crippen MR) is 166 cm³/mol. The molecule has 266 valence electrons. The number of unbranched alkanes of at least 4 members (excludes halogenated alkanes) is 16. The second-order valence-corrected chi connectivity index (χ2v) is 13.5. The van der Waals surface area contributed by atoms with Crippen molar-refractivity contribution in [3.05, 3.63) is 0 Å². The van der Waals surface area contributed by atoms with E-state index in [0.717, 1.165) is 26.2 Å². The SMILES string of the molecule is CCCCCCCCCCCCCCCCCCCC(=O)OC(COC(C)=O)COP(=O)(O)OC1C(O)C(O)C(O)C(O)C1O. The van der Waals surface area contributed by atoms with Crippen LogP contribution in [-0.2, 0) is 32.7 Å². The molecule has 14 heteroatoms. The van der Waals surface area contributed by atoms with E-state index in [1.54, 1.807) is 0 Å². The lowest BCUT2D eigenvalue weighted by Gasteiger charge is -2.41. The van der Waals surface area contributed by atoms with Gasteiger partial charge in [0, 0.05) is 13.3 Å². The number of aliphatic hydroxyl groups is 5. The molecule has 6 atom stereocenters. The molecule has 0 aromatic carbocycles. The number of esters is 2. The summed E-state index contributed by atoms with van der Waals surface area (Å²) in [6.45, 7) is 2.18. The molecule has 13 nitrogen and oxygen atoms in total. The molecule has 0 radical (unpaired) electrons. The summed E-state index contributed by atoms with van der Waals surface area (Å²) in [6.07, 6.45) is 7.55. The number of rotatable bonds is 26. The van der Waals surface area contributed by atoms with Crippen LogP contribution in [0.5, 0.6) is 0 Å². The van der Waals surface area contributed by atoms with Gasteiger partial charge >= 0.3 is 19.8 Å². The first-order valence-electron chi connectivity index (χ1n) is 16.8. The van der Waals surface area contributed by atoms with Crippen LogP contribution in [0.1, 0.15) is 129 Å². The maximum absolute atomic E-state index is 12.5. The molecular weight excluding hydrogens is 611 g/mol. The number of hydrogen-bond acceptors (Lipinski definition) is 12. The molecule has 0 aromatic heterocycles. The zero-order valence-electron chi connectivity index (χ0n) is 27.2. The lowest BCUT2D eigenvalue weighted by molar-refractivity contribution is -0.220. The first kappa shape index (κ1) is 41.9. The molecule has 0 amide bonds. The van der Waals surface area contributed by atoms with E-state index in [2.05, 4.69) is 6.92 Å². The van der Waals surface area contributed by atoms with E-state index in [1.807, 2.05) is 0 Å². The van der Waals surface area contributed by atoms with E-state index in [4.69, 9.17) is 18.5 Å². The van der Waals surface area contributed by atoms with Crippen molar-refractivity contribution in [2.24, 2.45) is 0 Å². The highest BCUT2D eigenvalue weighted by Gasteiger charge is 2.51. The third-order valence-electron chi connectivity index (χ3n) is 8.01. The number of aliphatic hydroxyl groups excluding tert-OH is 5. The van der Waals surface area contributed by atoms with Gasteiger partial charge in [-0.3, -0.25) is 18.6 Å². The quantitative estimate of drug-likeness (QED) is 0.0440. The molecule has 0 aliphatic heterocycles.